The maximum absolute atomic E-state index is 10.5. The third-order valence-electron chi connectivity index (χ3n) is 2.52. The van der Waals surface area contributed by atoms with Crippen LogP contribution in [0.1, 0.15) is 45.4 Å². The fourth-order valence-electron chi connectivity index (χ4n) is 1.36. The third-order valence-corrected chi connectivity index (χ3v) is 2.52. The van der Waals surface area contributed by atoms with E-state index in [1.165, 1.54) is 25.7 Å². The molecule has 70 valence electrons. The van der Waals surface area contributed by atoms with Gasteiger partial charge in [-0.2, -0.15) is 0 Å². The highest BCUT2D eigenvalue weighted by Gasteiger charge is 2.41. The van der Waals surface area contributed by atoms with Gasteiger partial charge in [0.1, 0.15) is 6.29 Å². The molecule has 2 nitrogen and oxygen atoms in total. The first-order valence-electron chi connectivity index (χ1n) is 5.04. The van der Waals surface area contributed by atoms with Crippen LogP contribution in [0, 0.1) is 0 Å². The highest BCUT2D eigenvalue weighted by Crippen LogP contribution is 2.32. The molecule has 0 atom stereocenters. The van der Waals surface area contributed by atoms with Gasteiger partial charge in [0, 0.05) is 0 Å². The Bertz CT molecular complexity index is 141. The highest BCUT2D eigenvalue weighted by molar-refractivity contribution is 5.68. The summed E-state index contributed by atoms with van der Waals surface area (Å²) in [6.45, 7) is 3.22. The smallest absolute Gasteiger partial charge is 0.140 e. The van der Waals surface area contributed by atoms with Crippen LogP contribution < -0.4 is 5.32 Å². The number of rotatable bonds is 7. The minimum absolute atomic E-state index is 0.0911. The molecule has 0 aromatic rings. The normalized spacial score (nSPS) is 19.1. The van der Waals surface area contributed by atoms with Gasteiger partial charge < -0.3 is 10.1 Å². The molecule has 0 saturated heterocycles. The molecule has 1 rings (SSSR count). The van der Waals surface area contributed by atoms with E-state index in [2.05, 4.69) is 12.2 Å². The minimum Gasteiger partial charge on any atom is -0.305 e. The fraction of sp³-hybridized carbons (Fsp3) is 0.900. The molecule has 0 radical (unpaired) electrons. The summed E-state index contributed by atoms with van der Waals surface area (Å²) in [5.74, 6) is 0. The highest BCUT2D eigenvalue weighted by atomic mass is 16.1. The lowest BCUT2D eigenvalue weighted by atomic mass is 10.2. The van der Waals surface area contributed by atoms with Gasteiger partial charge in [0.05, 0.1) is 5.54 Å². The second kappa shape index (κ2) is 4.61. The zero-order chi connectivity index (χ0) is 8.86. The molecule has 0 spiro atoms. The first-order valence-corrected chi connectivity index (χ1v) is 5.04. The van der Waals surface area contributed by atoms with Gasteiger partial charge in [-0.3, -0.25) is 0 Å². The van der Waals surface area contributed by atoms with E-state index in [1.54, 1.807) is 0 Å². The van der Waals surface area contributed by atoms with Gasteiger partial charge in [0.25, 0.3) is 0 Å². The van der Waals surface area contributed by atoms with Gasteiger partial charge in [0.2, 0.25) is 0 Å². The second-order valence-electron chi connectivity index (χ2n) is 3.76. The number of carbonyl (C=O) groups is 1. The van der Waals surface area contributed by atoms with Gasteiger partial charge in [-0.15, -0.1) is 0 Å². The van der Waals surface area contributed by atoms with E-state index in [0.29, 0.717) is 0 Å². The molecular weight excluding hydrogens is 150 g/mol. The van der Waals surface area contributed by atoms with Crippen molar-refractivity contribution in [1.82, 2.24) is 5.32 Å². The average molecular weight is 169 g/mol. The maximum Gasteiger partial charge on any atom is 0.140 e. The summed E-state index contributed by atoms with van der Waals surface area (Å²) in [4.78, 5) is 10.5. The lowest BCUT2D eigenvalue weighted by Crippen LogP contribution is -2.33. The van der Waals surface area contributed by atoms with Crippen LogP contribution in [0.2, 0.25) is 0 Å². The molecule has 0 unspecified atom stereocenters. The Morgan fingerprint density at radius 2 is 2.08 bits per heavy atom. The Hall–Kier alpha value is -0.370. The van der Waals surface area contributed by atoms with Crippen LogP contribution in [0.15, 0.2) is 0 Å². The summed E-state index contributed by atoms with van der Waals surface area (Å²) in [7, 11) is 0. The van der Waals surface area contributed by atoms with Crippen LogP contribution in [0.4, 0.5) is 0 Å². The monoisotopic (exact) mass is 169 g/mol. The Kier molecular flexibility index (Phi) is 3.73. The van der Waals surface area contributed by atoms with Crippen molar-refractivity contribution >= 4 is 6.29 Å². The van der Waals surface area contributed by atoms with Crippen molar-refractivity contribution in [1.29, 1.82) is 0 Å². The Morgan fingerprint density at radius 3 is 2.58 bits per heavy atom. The van der Waals surface area contributed by atoms with Crippen molar-refractivity contribution in [3.05, 3.63) is 0 Å². The van der Waals surface area contributed by atoms with Crippen LogP contribution in [-0.4, -0.2) is 18.4 Å². The first kappa shape index (κ1) is 9.72. The molecular formula is C10H19NO. The molecule has 0 bridgehead atoms. The molecule has 1 N–H and O–H groups in total. The van der Waals surface area contributed by atoms with Crippen LogP contribution in [-0.2, 0) is 4.79 Å². The summed E-state index contributed by atoms with van der Waals surface area (Å²) >= 11 is 0. The summed E-state index contributed by atoms with van der Waals surface area (Å²) in [5, 5.41) is 3.31. The SMILES string of the molecule is CCCCCCNC1(C=O)CC1. The van der Waals surface area contributed by atoms with Crippen LogP contribution in [0.25, 0.3) is 0 Å². The van der Waals surface area contributed by atoms with Gasteiger partial charge >= 0.3 is 0 Å². The minimum atomic E-state index is -0.0911. The number of nitrogens with one attached hydrogen (secondary N) is 1. The lowest BCUT2D eigenvalue weighted by molar-refractivity contribution is -0.110. The van der Waals surface area contributed by atoms with Crippen LogP contribution in [0.3, 0.4) is 0 Å². The molecule has 0 aromatic heterocycles. The van der Waals surface area contributed by atoms with Crippen molar-refractivity contribution in [2.45, 2.75) is 51.0 Å². The van der Waals surface area contributed by atoms with Gasteiger partial charge in [-0.25, -0.2) is 0 Å². The van der Waals surface area contributed by atoms with E-state index in [9.17, 15) is 4.79 Å². The summed E-state index contributed by atoms with van der Waals surface area (Å²) in [6.07, 6.45) is 8.26. The van der Waals surface area contributed by atoms with E-state index < -0.39 is 0 Å². The van der Waals surface area contributed by atoms with E-state index in [4.69, 9.17) is 0 Å². The average Bonchev–Trinajstić information content (AvgIpc) is 2.85. The molecule has 1 aliphatic carbocycles. The molecule has 1 fully saturated rings. The van der Waals surface area contributed by atoms with E-state index >= 15 is 0 Å². The second-order valence-corrected chi connectivity index (χ2v) is 3.76. The Morgan fingerprint density at radius 1 is 1.33 bits per heavy atom. The molecule has 12 heavy (non-hydrogen) atoms. The third kappa shape index (κ3) is 2.94. The first-order chi connectivity index (χ1) is 5.83. The number of carbonyl (C=O) groups excluding carboxylic acids is 1. The number of hydrogen-bond acceptors (Lipinski definition) is 2. The Labute approximate surface area is 74.7 Å². The topological polar surface area (TPSA) is 29.1 Å². The maximum atomic E-state index is 10.5. The zero-order valence-corrected chi connectivity index (χ0v) is 7.94. The molecule has 1 saturated carbocycles. The number of aldehydes is 1. The van der Waals surface area contributed by atoms with E-state index in [-0.39, 0.29) is 5.54 Å². The lowest BCUT2D eigenvalue weighted by Gasteiger charge is -2.08. The molecule has 0 aliphatic heterocycles. The van der Waals surface area contributed by atoms with Gasteiger partial charge in [0.15, 0.2) is 0 Å². The predicted octanol–water partition coefficient (Wildman–Crippen LogP) is 1.89. The van der Waals surface area contributed by atoms with Crippen molar-refractivity contribution < 1.29 is 4.79 Å². The molecule has 0 amide bonds. The standard InChI is InChI=1S/C10H19NO/c1-2-3-4-5-8-11-10(9-12)6-7-10/h9,11H,2-8H2,1H3. The molecule has 2 heteroatoms. The summed E-state index contributed by atoms with van der Waals surface area (Å²) in [6, 6.07) is 0. The molecule has 0 aromatic carbocycles. The summed E-state index contributed by atoms with van der Waals surface area (Å²) < 4.78 is 0. The van der Waals surface area contributed by atoms with Crippen molar-refractivity contribution in [2.24, 2.45) is 0 Å². The largest absolute Gasteiger partial charge is 0.305 e. The van der Waals surface area contributed by atoms with Gasteiger partial charge in [-0.1, -0.05) is 26.2 Å². The van der Waals surface area contributed by atoms with Crippen molar-refractivity contribution in [2.75, 3.05) is 6.54 Å². The van der Waals surface area contributed by atoms with Crippen molar-refractivity contribution in [3.8, 4) is 0 Å². The van der Waals surface area contributed by atoms with Crippen LogP contribution in [0.5, 0.6) is 0 Å². The summed E-state index contributed by atoms with van der Waals surface area (Å²) in [5.41, 5.74) is -0.0911. The van der Waals surface area contributed by atoms with Crippen LogP contribution >= 0.6 is 0 Å². The quantitative estimate of drug-likeness (QED) is 0.466. The fourth-order valence-corrected chi connectivity index (χ4v) is 1.36. The van der Waals surface area contributed by atoms with Crippen molar-refractivity contribution in [3.63, 3.8) is 0 Å². The zero-order valence-electron chi connectivity index (χ0n) is 7.94. The molecule has 0 heterocycles. The number of hydrogen-bond donors (Lipinski definition) is 1. The van der Waals surface area contributed by atoms with E-state index in [1.807, 2.05) is 0 Å². The number of unbranched alkanes of at least 4 members (excludes halogenated alkanes) is 3. The molecule has 1 aliphatic rings. The van der Waals surface area contributed by atoms with Gasteiger partial charge in [-0.05, 0) is 25.8 Å². The Balaban J connectivity index is 1.92. The van der Waals surface area contributed by atoms with E-state index in [0.717, 1.165) is 25.7 Å². The predicted molar refractivity (Wildman–Crippen MR) is 50.2 cm³/mol.